The monoisotopic (exact) mass is 340 g/mol. The zero-order valence-electron chi connectivity index (χ0n) is 12.0. The first-order chi connectivity index (χ1) is 11.1. The smallest absolute Gasteiger partial charge is 0.387 e. The van der Waals surface area contributed by atoms with E-state index in [1.54, 1.807) is 11.3 Å². The van der Waals surface area contributed by atoms with E-state index in [2.05, 4.69) is 4.74 Å². The van der Waals surface area contributed by atoms with Crippen molar-refractivity contribution in [2.75, 3.05) is 11.4 Å². The van der Waals surface area contributed by atoms with Crippen LogP contribution in [-0.4, -0.2) is 18.1 Å². The first-order valence-electron chi connectivity index (χ1n) is 7.09. The van der Waals surface area contributed by atoms with Gasteiger partial charge in [-0.15, -0.1) is 11.3 Å². The van der Waals surface area contributed by atoms with E-state index in [4.69, 9.17) is 0 Å². The second-order valence-corrected chi connectivity index (χ2v) is 6.13. The molecule has 2 aromatic rings. The van der Waals surface area contributed by atoms with Crippen LogP contribution in [0.5, 0.6) is 5.75 Å². The Balaban J connectivity index is 1.98. The maximum Gasteiger partial charge on any atom is 0.387 e. The summed E-state index contributed by atoms with van der Waals surface area (Å²) in [5.41, 5.74) is 0.197. The molecule has 0 N–H and O–H groups in total. The number of nitrogens with zero attached hydrogens (tertiary/aromatic N) is 2. The molecule has 0 saturated carbocycles. The van der Waals surface area contributed by atoms with Gasteiger partial charge >= 0.3 is 6.61 Å². The summed E-state index contributed by atoms with van der Waals surface area (Å²) in [4.78, 5) is 13.4. The summed E-state index contributed by atoms with van der Waals surface area (Å²) >= 11 is 1.61. The SMILES string of the molecule is O=[N+]([O-])c1ccc(N2CCCC2c2cccs2)c(OC(F)F)c1. The summed E-state index contributed by atoms with van der Waals surface area (Å²) in [6.07, 6.45) is 1.83. The summed E-state index contributed by atoms with van der Waals surface area (Å²) in [7, 11) is 0. The van der Waals surface area contributed by atoms with Crippen LogP contribution >= 0.6 is 11.3 Å². The van der Waals surface area contributed by atoms with Crippen molar-refractivity contribution in [1.82, 2.24) is 0 Å². The fourth-order valence-corrected chi connectivity index (χ4v) is 3.75. The third-order valence-electron chi connectivity index (χ3n) is 3.80. The van der Waals surface area contributed by atoms with Gasteiger partial charge in [0, 0.05) is 17.5 Å². The number of thiophene rings is 1. The lowest BCUT2D eigenvalue weighted by molar-refractivity contribution is -0.385. The molecule has 1 saturated heterocycles. The lowest BCUT2D eigenvalue weighted by Gasteiger charge is -2.27. The van der Waals surface area contributed by atoms with E-state index in [1.807, 2.05) is 22.4 Å². The highest BCUT2D eigenvalue weighted by Crippen LogP contribution is 2.43. The second kappa shape index (κ2) is 6.49. The summed E-state index contributed by atoms with van der Waals surface area (Å²) in [5, 5.41) is 12.8. The van der Waals surface area contributed by atoms with E-state index < -0.39 is 11.5 Å². The third-order valence-corrected chi connectivity index (χ3v) is 4.78. The summed E-state index contributed by atoms with van der Waals surface area (Å²) in [5.74, 6) is -0.155. The lowest BCUT2D eigenvalue weighted by Crippen LogP contribution is -2.23. The lowest BCUT2D eigenvalue weighted by atomic mass is 10.1. The number of halogens is 2. The van der Waals surface area contributed by atoms with Gasteiger partial charge in [-0.2, -0.15) is 8.78 Å². The van der Waals surface area contributed by atoms with Crippen molar-refractivity contribution in [3.8, 4) is 5.75 Å². The van der Waals surface area contributed by atoms with Crippen LogP contribution in [0.4, 0.5) is 20.2 Å². The minimum absolute atomic E-state index is 0.0801. The number of rotatable bonds is 5. The number of non-ortho nitro benzene ring substituents is 1. The molecule has 8 heteroatoms. The highest BCUT2D eigenvalue weighted by molar-refractivity contribution is 7.10. The minimum Gasteiger partial charge on any atom is -0.432 e. The van der Waals surface area contributed by atoms with E-state index in [9.17, 15) is 18.9 Å². The summed E-state index contributed by atoms with van der Waals surface area (Å²) < 4.78 is 29.9. The predicted octanol–water partition coefficient (Wildman–Crippen LogP) is 4.60. The second-order valence-electron chi connectivity index (χ2n) is 5.15. The first kappa shape index (κ1) is 15.7. The molecule has 1 aliphatic rings. The van der Waals surface area contributed by atoms with Gasteiger partial charge in [-0.25, -0.2) is 0 Å². The van der Waals surface area contributed by atoms with Gasteiger partial charge in [0.15, 0.2) is 5.75 Å². The van der Waals surface area contributed by atoms with Crippen LogP contribution in [0.3, 0.4) is 0 Å². The van der Waals surface area contributed by atoms with Crippen molar-refractivity contribution >= 4 is 22.7 Å². The Kier molecular flexibility index (Phi) is 4.42. The van der Waals surface area contributed by atoms with Gasteiger partial charge in [-0.3, -0.25) is 10.1 Å². The minimum atomic E-state index is -3.03. The van der Waals surface area contributed by atoms with Crippen LogP contribution in [0.1, 0.15) is 23.8 Å². The predicted molar refractivity (Wildman–Crippen MR) is 83.4 cm³/mol. The Hall–Kier alpha value is -2.22. The molecule has 1 fully saturated rings. The van der Waals surface area contributed by atoms with Crippen molar-refractivity contribution < 1.29 is 18.4 Å². The van der Waals surface area contributed by atoms with Crippen molar-refractivity contribution in [3.63, 3.8) is 0 Å². The molecule has 1 aliphatic heterocycles. The van der Waals surface area contributed by atoms with E-state index >= 15 is 0 Å². The number of anilines is 1. The van der Waals surface area contributed by atoms with Gasteiger partial charge in [0.2, 0.25) is 0 Å². The first-order valence-corrected chi connectivity index (χ1v) is 7.97. The van der Waals surface area contributed by atoms with E-state index in [-0.39, 0.29) is 17.5 Å². The van der Waals surface area contributed by atoms with Crippen LogP contribution < -0.4 is 9.64 Å². The fraction of sp³-hybridized carbons (Fsp3) is 0.333. The van der Waals surface area contributed by atoms with Crippen molar-refractivity contribution in [1.29, 1.82) is 0 Å². The van der Waals surface area contributed by atoms with Crippen molar-refractivity contribution in [2.24, 2.45) is 0 Å². The fourth-order valence-electron chi connectivity index (χ4n) is 2.88. The number of ether oxygens (including phenoxy) is 1. The number of nitro benzene ring substituents is 1. The van der Waals surface area contributed by atoms with E-state index in [0.29, 0.717) is 12.2 Å². The number of alkyl halides is 2. The average molecular weight is 340 g/mol. The molecule has 0 amide bonds. The Bertz CT molecular complexity index is 694. The molecule has 122 valence electrons. The van der Waals surface area contributed by atoms with Gasteiger partial charge in [0.1, 0.15) is 0 Å². The number of nitro groups is 1. The molecule has 1 unspecified atom stereocenters. The molecule has 23 heavy (non-hydrogen) atoms. The Labute approximate surface area is 135 Å². The normalized spacial score (nSPS) is 17.7. The van der Waals surface area contributed by atoms with Crippen LogP contribution in [0.15, 0.2) is 35.7 Å². The third kappa shape index (κ3) is 3.26. The summed E-state index contributed by atoms with van der Waals surface area (Å²) in [6.45, 7) is -2.33. The van der Waals surface area contributed by atoms with Crippen LogP contribution in [0.2, 0.25) is 0 Å². The molecule has 1 aromatic heterocycles. The quantitative estimate of drug-likeness (QED) is 0.590. The topological polar surface area (TPSA) is 55.6 Å². The van der Waals surface area contributed by atoms with Crippen LogP contribution in [0.25, 0.3) is 0 Å². The van der Waals surface area contributed by atoms with Crippen LogP contribution in [-0.2, 0) is 0 Å². The van der Waals surface area contributed by atoms with Crippen LogP contribution in [0, 0.1) is 10.1 Å². The Morgan fingerprint density at radius 3 is 2.87 bits per heavy atom. The molecule has 3 rings (SSSR count). The molecule has 0 spiro atoms. The van der Waals surface area contributed by atoms with Gasteiger partial charge in [0.05, 0.1) is 22.7 Å². The number of hydrogen-bond acceptors (Lipinski definition) is 5. The van der Waals surface area contributed by atoms with Gasteiger partial charge in [0.25, 0.3) is 5.69 Å². The summed E-state index contributed by atoms with van der Waals surface area (Å²) in [6, 6.07) is 7.90. The maximum absolute atomic E-state index is 12.7. The zero-order valence-corrected chi connectivity index (χ0v) is 12.8. The molecule has 0 radical (unpaired) electrons. The molecule has 1 atom stereocenters. The largest absolute Gasteiger partial charge is 0.432 e. The molecule has 0 bridgehead atoms. The molecule has 5 nitrogen and oxygen atoms in total. The average Bonchev–Trinajstić information content (AvgIpc) is 3.17. The van der Waals surface area contributed by atoms with E-state index in [1.165, 1.54) is 12.1 Å². The molecule has 1 aromatic carbocycles. The van der Waals surface area contributed by atoms with Gasteiger partial charge in [-0.1, -0.05) is 6.07 Å². The van der Waals surface area contributed by atoms with E-state index in [0.717, 1.165) is 23.8 Å². The maximum atomic E-state index is 12.7. The Morgan fingerprint density at radius 1 is 1.39 bits per heavy atom. The standard InChI is InChI=1S/C15H14F2N2O3S/c16-15(17)22-13-9-10(19(20)21)5-6-11(13)18-7-1-3-12(18)14-4-2-8-23-14/h2,4-6,8-9,12,15H,1,3,7H2. The van der Waals surface area contributed by atoms with Gasteiger partial charge in [-0.05, 0) is 30.4 Å². The van der Waals surface area contributed by atoms with Crippen molar-refractivity contribution in [3.05, 3.63) is 50.7 Å². The Morgan fingerprint density at radius 2 is 2.22 bits per heavy atom. The number of benzene rings is 1. The molecule has 0 aliphatic carbocycles. The number of hydrogen-bond donors (Lipinski definition) is 0. The molecule has 2 heterocycles. The highest BCUT2D eigenvalue weighted by Gasteiger charge is 2.30. The molecular formula is C15H14F2N2O3S. The van der Waals surface area contributed by atoms with Gasteiger partial charge < -0.3 is 9.64 Å². The zero-order chi connectivity index (χ0) is 16.4. The molecular weight excluding hydrogens is 326 g/mol. The van der Waals surface area contributed by atoms with Crippen molar-refractivity contribution in [2.45, 2.75) is 25.5 Å². The highest BCUT2D eigenvalue weighted by atomic mass is 32.1.